The number of hydrogen-bond acceptors (Lipinski definition) is 5. The molecular formula is C18H21N3O6. The summed E-state index contributed by atoms with van der Waals surface area (Å²) in [6.45, 7) is 5.61. The molecule has 3 N–H and O–H groups in total. The standard InChI is InChI=1S/C16H19N3O2.C2H2O4/c1-11-3-4-13(12(2)7-11)9-21-16(20)19-6-5-14-15(8-19)18-10-17-14;3-1(4)2(5)6/h3-4,7,10H,5-6,8-9H2,1-2H3,(H,17,18);(H,3,4)(H,5,6). The van der Waals surface area contributed by atoms with Gasteiger partial charge in [-0.05, 0) is 25.0 Å². The number of aryl methyl sites for hydroxylation is 2. The fourth-order valence-corrected chi connectivity index (χ4v) is 2.61. The van der Waals surface area contributed by atoms with Crippen LogP contribution in [-0.2, 0) is 33.9 Å². The van der Waals surface area contributed by atoms with Crippen LogP contribution in [0.15, 0.2) is 24.5 Å². The molecule has 0 atom stereocenters. The molecule has 9 heteroatoms. The monoisotopic (exact) mass is 375 g/mol. The predicted octanol–water partition coefficient (Wildman–Crippen LogP) is 1.88. The number of carbonyl (C=O) groups excluding carboxylic acids is 1. The predicted molar refractivity (Wildman–Crippen MR) is 94.1 cm³/mol. The highest BCUT2D eigenvalue weighted by atomic mass is 16.6. The average Bonchev–Trinajstić information content (AvgIpc) is 3.08. The molecule has 2 heterocycles. The molecule has 9 nitrogen and oxygen atoms in total. The van der Waals surface area contributed by atoms with Crippen LogP contribution in [0.25, 0.3) is 0 Å². The van der Waals surface area contributed by atoms with Gasteiger partial charge >= 0.3 is 18.0 Å². The van der Waals surface area contributed by atoms with Gasteiger partial charge in [0.15, 0.2) is 0 Å². The van der Waals surface area contributed by atoms with E-state index in [1.54, 1.807) is 11.2 Å². The first kappa shape index (κ1) is 20.0. The van der Waals surface area contributed by atoms with Crippen LogP contribution >= 0.6 is 0 Å². The van der Waals surface area contributed by atoms with Crippen LogP contribution in [0.3, 0.4) is 0 Å². The molecule has 3 rings (SSSR count). The molecule has 1 aromatic heterocycles. The van der Waals surface area contributed by atoms with E-state index in [0.717, 1.165) is 28.9 Å². The van der Waals surface area contributed by atoms with Gasteiger partial charge in [-0.3, -0.25) is 0 Å². The summed E-state index contributed by atoms with van der Waals surface area (Å²) >= 11 is 0. The number of amides is 1. The molecule has 1 aromatic carbocycles. The lowest BCUT2D eigenvalue weighted by Crippen LogP contribution is -2.36. The number of carbonyl (C=O) groups is 3. The van der Waals surface area contributed by atoms with E-state index in [-0.39, 0.29) is 6.09 Å². The quantitative estimate of drug-likeness (QED) is 0.683. The summed E-state index contributed by atoms with van der Waals surface area (Å²) < 4.78 is 5.43. The van der Waals surface area contributed by atoms with E-state index < -0.39 is 11.9 Å². The topological polar surface area (TPSA) is 133 Å². The number of H-pyrrole nitrogens is 1. The minimum absolute atomic E-state index is 0.268. The Morgan fingerprint density at radius 2 is 1.93 bits per heavy atom. The highest BCUT2D eigenvalue weighted by Gasteiger charge is 2.23. The highest BCUT2D eigenvalue weighted by molar-refractivity contribution is 6.27. The molecule has 1 amide bonds. The van der Waals surface area contributed by atoms with Crippen molar-refractivity contribution in [2.45, 2.75) is 33.4 Å². The summed E-state index contributed by atoms with van der Waals surface area (Å²) in [6.07, 6.45) is 2.18. The van der Waals surface area contributed by atoms with Gasteiger partial charge in [0.05, 0.1) is 24.3 Å². The summed E-state index contributed by atoms with van der Waals surface area (Å²) in [5.74, 6) is -3.65. The van der Waals surface area contributed by atoms with E-state index in [1.807, 2.05) is 19.1 Å². The van der Waals surface area contributed by atoms with Crippen molar-refractivity contribution in [3.63, 3.8) is 0 Å². The molecule has 144 valence electrons. The number of nitrogens with one attached hydrogen (secondary N) is 1. The van der Waals surface area contributed by atoms with E-state index in [2.05, 4.69) is 23.0 Å². The Morgan fingerprint density at radius 1 is 1.22 bits per heavy atom. The van der Waals surface area contributed by atoms with Crippen molar-refractivity contribution in [3.8, 4) is 0 Å². The Balaban J connectivity index is 0.000000380. The third-order valence-corrected chi connectivity index (χ3v) is 4.07. The first-order valence-electron chi connectivity index (χ1n) is 8.23. The molecule has 0 unspecified atom stereocenters. The fraction of sp³-hybridized carbons (Fsp3) is 0.333. The van der Waals surface area contributed by atoms with Crippen LogP contribution in [0, 0.1) is 13.8 Å². The molecule has 1 aliphatic rings. The number of rotatable bonds is 2. The Bertz CT molecular complexity index is 833. The van der Waals surface area contributed by atoms with Crippen molar-refractivity contribution in [1.82, 2.24) is 14.9 Å². The summed E-state index contributed by atoms with van der Waals surface area (Å²) in [6, 6.07) is 6.15. The first-order chi connectivity index (χ1) is 12.8. The summed E-state index contributed by atoms with van der Waals surface area (Å²) in [5.41, 5.74) is 5.47. The third-order valence-electron chi connectivity index (χ3n) is 4.07. The second-order valence-corrected chi connectivity index (χ2v) is 6.09. The number of nitrogens with zero attached hydrogens (tertiary/aromatic N) is 2. The van der Waals surface area contributed by atoms with Crippen LogP contribution in [0.2, 0.25) is 0 Å². The van der Waals surface area contributed by atoms with Gasteiger partial charge in [0.25, 0.3) is 0 Å². The normalized spacial score (nSPS) is 12.4. The van der Waals surface area contributed by atoms with Crippen molar-refractivity contribution < 1.29 is 29.3 Å². The number of hydrogen-bond donors (Lipinski definition) is 3. The molecule has 0 fully saturated rings. The van der Waals surface area contributed by atoms with E-state index in [4.69, 9.17) is 24.5 Å². The number of fused-ring (bicyclic) bond motifs is 1. The molecule has 0 saturated heterocycles. The van der Waals surface area contributed by atoms with E-state index in [9.17, 15) is 4.79 Å². The van der Waals surface area contributed by atoms with E-state index in [1.165, 1.54) is 5.56 Å². The van der Waals surface area contributed by atoms with Crippen LogP contribution < -0.4 is 0 Å². The lowest BCUT2D eigenvalue weighted by Gasteiger charge is -2.25. The Hall–Kier alpha value is -3.36. The molecule has 2 aromatic rings. The van der Waals surface area contributed by atoms with Gasteiger partial charge < -0.3 is 24.8 Å². The zero-order chi connectivity index (χ0) is 20.0. The maximum atomic E-state index is 12.2. The van der Waals surface area contributed by atoms with Crippen LogP contribution in [0.5, 0.6) is 0 Å². The minimum Gasteiger partial charge on any atom is -0.473 e. The smallest absolute Gasteiger partial charge is 0.414 e. The van der Waals surface area contributed by atoms with Crippen molar-refractivity contribution in [2.75, 3.05) is 6.54 Å². The molecule has 0 saturated carbocycles. The van der Waals surface area contributed by atoms with Gasteiger partial charge in [-0.25, -0.2) is 19.4 Å². The number of carboxylic acids is 2. The fourth-order valence-electron chi connectivity index (χ4n) is 2.61. The lowest BCUT2D eigenvalue weighted by atomic mass is 10.1. The van der Waals surface area contributed by atoms with Crippen molar-refractivity contribution in [1.29, 1.82) is 0 Å². The van der Waals surface area contributed by atoms with Gasteiger partial charge in [-0.15, -0.1) is 0 Å². The van der Waals surface area contributed by atoms with Crippen molar-refractivity contribution in [2.24, 2.45) is 0 Å². The number of carboxylic acid groups (broad SMARTS) is 2. The highest BCUT2D eigenvalue weighted by Crippen LogP contribution is 2.17. The first-order valence-corrected chi connectivity index (χ1v) is 8.23. The second-order valence-electron chi connectivity index (χ2n) is 6.09. The Morgan fingerprint density at radius 3 is 2.56 bits per heavy atom. The average molecular weight is 375 g/mol. The summed E-state index contributed by atoms with van der Waals surface area (Å²) in [5, 5.41) is 14.8. The zero-order valence-electron chi connectivity index (χ0n) is 15.1. The summed E-state index contributed by atoms with van der Waals surface area (Å²) in [7, 11) is 0. The van der Waals surface area contributed by atoms with Gasteiger partial charge in [0, 0.05) is 13.0 Å². The molecule has 1 aliphatic heterocycles. The van der Waals surface area contributed by atoms with Gasteiger partial charge in [-0.2, -0.15) is 0 Å². The van der Waals surface area contributed by atoms with Crippen LogP contribution in [0.1, 0.15) is 28.1 Å². The number of benzene rings is 1. The minimum atomic E-state index is -1.82. The lowest BCUT2D eigenvalue weighted by molar-refractivity contribution is -0.159. The van der Waals surface area contributed by atoms with E-state index in [0.29, 0.717) is 19.7 Å². The number of aromatic amines is 1. The van der Waals surface area contributed by atoms with Crippen LogP contribution in [-0.4, -0.2) is 49.7 Å². The maximum Gasteiger partial charge on any atom is 0.414 e. The molecule has 0 bridgehead atoms. The number of imidazole rings is 1. The summed E-state index contributed by atoms with van der Waals surface area (Å²) in [4.78, 5) is 39.4. The Labute approximate surface area is 155 Å². The number of aliphatic carboxylic acids is 2. The van der Waals surface area contributed by atoms with Crippen molar-refractivity contribution >= 4 is 18.0 Å². The van der Waals surface area contributed by atoms with E-state index >= 15 is 0 Å². The van der Waals surface area contributed by atoms with Crippen LogP contribution in [0.4, 0.5) is 4.79 Å². The molecule has 27 heavy (non-hydrogen) atoms. The largest absolute Gasteiger partial charge is 0.473 e. The third kappa shape index (κ3) is 5.56. The van der Waals surface area contributed by atoms with Gasteiger partial charge in [0.1, 0.15) is 6.61 Å². The second kappa shape index (κ2) is 8.84. The van der Waals surface area contributed by atoms with Gasteiger partial charge in [0.2, 0.25) is 0 Å². The number of ether oxygens (including phenoxy) is 1. The number of aromatic nitrogens is 2. The molecular weight excluding hydrogens is 354 g/mol. The van der Waals surface area contributed by atoms with Gasteiger partial charge in [-0.1, -0.05) is 23.8 Å². The van der Waals surface area contributed by atoms with Crippen molar-refractivity contribution in [3.05, 3.63) is 52.6 Å². The molecule has 0 radical (unpaired) electrons. The molecule has 0 aliphatic carbocycles. The zero-order valence-corrected chi connectivity index (χ0v) is 15.1. The maximum absolute atomic E-state index is 12.2. The SMILES string of the molecule is Cc1ccc(COC(=O)N2CCc3nc[nH]c3C2)c(C)c1.O=C(O)C(=O)O. The molecule has 0 spiro atoms. The Kier molecular flexibility index (Phi) is 6.53.